The van der Waals surface area contributed by atoms with Gasteiger partial charge in [-0.1, -0.05) is 6.07 Å². The van der Waals surface area contributed by atoms with Gasteiger partial charge in [0.25, 0.3) is 0 Å². The van der Waals surface area contributed by atoms with Gasteiger partial charge in [-0.2, -0.15) is 5.10 Å². The van der Waals surface area contributed by atoms with Crippen LogP contribution in [-0.4, -0.2) is 27.8 Å². The molecule has 2 aliphatic carbocycles. The van der Waals surface area contributed by atoms with Gasteiger partial charge in [0.2, 0.25) is 5.96 Å². The first-order valence-corrected chi connectivity index (χ1v) is 8.22. The van der Waals surface area contributed by atoms with E-state index in [4.69, 9.17) is 10.1 Å². The highest BCUT2D eigenvalue weighted by atomic mass is 15.2. The minimum Gasteiger partial charge on any atom is -0.352 e. The average Bonchev–Trinajstić information content (AvgIpc) is 3.46. The number of rotatable bonds is 3. The first-order valence-electron chi connectivity index (χ1n) is 8.22. The van der Waals surface area contributed by atoms with Crippen LogP contribution in [0.5, 0.6) is 0 Å². The van der Waals surface area contributed by atoms with E-state index in [0.717, 1.165) is 12.4 Å². The molecule has 2 saturated carbocycles. The second kappa shape index (κ2) is 4.66. The molecule has 0 aromatic carbocycles. The van der Waals surface area contributed by atoms with Crippen molar-refractivity contribution < 1.29 is 0 Å². The minimum atomic E-state index is 0.147. The van der Waals surface area contributed by atoms with Gasteiger partial charge in [-0.3, -0.25) is 0 Å². The maximum Gasteiger partial charge on any atom is 0.218 e. The summed E-state index contributed by atoms with van der Waals surface area (Å²) in [4.78, 5) is 9.31. The lowest BCUT2D eigenvalue weighted by Crippen LogP contribution is -2.26. The molecular formula is C17H19N5. The number of fused-ring (bicyclic) bond motifs is 1. The summed E-state index contributed by atoms with van der Waals surface area (Å²) in [6.45, 7) is 0. The fraction of sp³-hybridized carbons (Fsp3) is 0.471. The summed E-state index contributed by atoms with van der Waals surface area (Å²) in [6.07, 6.45) is 9.90. The van der Waals surface area contributed by atoms with Crippen LogP contribution in [0.2, 0.25) is 0 Å². The summed E-state index contributed by atoms with van der Waals surface area (Å²) in [5.74, 6) is 1.43. The Labute approximate surface area is 129 Å². The first kappa shape index (κ1) is 12.4. The van der Waals surface area contributed by atoms with Crippen LogP contribution in [0, 0.1) is 0 Å². The number of nitrogens with one attached hydrogen (secondary N) is 1. The molecule has 2 fully saturated rings. The first-order chi connectivity index (χ1) is 10.9. The van der Waals surface area contributed by atoms with Gasteiger partial charge < -0.3 is 5.32 Å². The summed E-state index contributed by atoms with van der Waals surface area (Å²) in [5, 5.41) is 8.25. The van der Waals surface area contributed by atoms with Gasteiger partial charge >= 0.3 is 0 Å². The summed E-state index contributed by atoms with van der Waals surface area (Å²) < 4.78 is 2.01. The van der Waals surface area contributed by atoms with Crippen LogP contribution in [-0.2, 0) is 0 Å². The van der Waals surface area contributed by atoms with Gasteiger partial charge in [-0.15, -0.1) is 0 Å². The van der Waals surface area contributed by atoms with E-state index < -0.39 is 0 Å². The predicted molar refractivity (Wildman–Crippen MR) is 86.6 cm³/mol. The van der Waals surface area contributed by atoms with E-state index in [1.165, 1.54) is 42.5 Å². The van der Waals surface area contributed by atoms with Crippen LogP contribution in [0.4, 0.5) is 0 Å². The van der Waals surface area contributed by atoms with Crippen molar-refractivity contribution >= 4 is 17.7 Å². The van der Waals surface area contributed by atoms with Gasteiger partial charge in [-0.05, 0) is 37.8 Å². The molecule has 0 amide bonds. The van der Waals surface area contributed by atoms with Crippen LogP contribution < -0.4 is 5.32 Å². The molecule has 1 N–H and O–H groups in total. The van der Waals surface area contributed by atoms with Crippen LogP contribution in [0.3, 0.4) is 0 Å². The van der Waals surface area contributed by atoms with Crippen molar-refractivity contribution in [2.45, 2.75) is 50.1 Å². The van der Waals surface area contributed by atoms with Crippen molar-refractivity contribution in [1.29, 1.82) is 0 Å². The van der Waals surface area contributed by atoms with Crippen molar-refractivity contribution in [3.05, 3.63) is 35.7 Å². The van der Waals surface area contributed by atoms with Gasteiger partial charge in [0.1, 0.15) is 0 Å². The van der Waals surface area contributed by atoms with Gasteiger partial charge in [0.15, 0.2) is 0 Å². The highest BCUT2D eigenvalue weighted by Gasteiger charge is 2.33. The normalized spacial score (nSPS) is 24.5. The van der Waals surface area contributed by atoms with Crippen molar-refractivity contribution in [3.63, 3.8) is 0 Å². The third-order valence-electron chi connectivity index (χ3n) is 4.63. The lowest BCUT2D eigenvalue weighted by atomic mass is 10.00. The molecule has 1 atom stereocenters. The fourth-order valence-corrected chi connectivity index (χ4v) is 3.18. The quantitative estimate of drug-likeness (QED) is 0.946. The molecule has 3 heterocycles. The number of aliphatic imine (C=N–C) groups is 2. The maximum atomic E-state index is 4.88. The van der Waals surface area contributed by atoms with Crippen LogP contribution in [0.1, 0.15) is 55.3 Å². The molecule has 5 rings (SSSR count). The predicted octanol–water partition coefficient (Wildman–Crippen LogP) is 2.84. The van der Waals surface area contributed by atoms with E-state index in [1.807, 2.05) is 23.0 Å². The smallest absolute Gasteiger partial charge is 0.218 e. The van der Waals surface area contributed by atoms with Gasteiger partial charge in [-0.25, -0.2) is 14.5 Å². The van der Waals surface area contributed by atoms with Crippen LogP contribution in [0.15, 0.2) is 34.4 Å². The summed E-state index contributed by atoms with van der Waals surface area (Å²) >= 11 is 0. The molecule has 0 saturated heterocycles. The number of nitrogens with zero attached hydrogens (tertiary/aromatic N) is 4. The van der Waals surface area contributed by atoms with E-state index >= 15 is 0 Å². The van der Waals surface area contributed by atoms with Crippen LogP contribution in [0.25, 0.3) is 5.52 Å². The number of guanidine groups is 1. The lowest BCUT2D eigenvalue weighted by Gasteiger charge is -2.17. The molecule has 3 aliphatic rings. The number of aromatic nitrogens is 2. The topological polar surface area (TPSA) is 54.0 Å². The molecular weight excluding hydrogens is 274 g/mol. The van der Waals surface area contributed by atoms with E-state index in [2.05, 4.69) is 22.4 Å². The standard InChI is InChI=1S/C17H19N5/c1-2-10-22-14(3-1)15(16(21-22)11-4-5-11)13-8-9-18-17(20-13)19-12-6-7-12/h1-3,9-13H,4-8H2,(H,19,20). The highest BCUT2D eigenvalue weighted by Crippen LogP contribution is 2.44. The third-order valence-corrected chi connectivity index (χ3v) is 4.63. The molecule has 5 heteroatoms. The Morgan fingerprint density at radius 3 is 2.86 bits per heavy atom. The minimum absolute atomic E-state index is 0.147. The van der Waals surface area contributed by atoms with E-state index in [-0.39, 0.29) is 6.04 Å². The molecule has 1 unspecified atom stereocenters. The van der Waals surface area contributed by atoms with Crippen LogP contribution >= 0.6 is 0 Å². The zero-order chi connectivity index (χ0) is 14.5. The molecule has 5 nitrogen and oxygen atoms in total. The molecule has 22 heavy (non-hydrogen) atoms. The largest absolute Gasteiger partial charge is 0.352 e. The van der Waals surface area contributed by atoms with Crippen molar-refractivity contribution in [1.82, 2.24) is 14.9 Å². The van der Waals surface area contributed by atoms with E-state index in [1.54, 1.807) is 0 Å². The Morgan fingerprint density at radius 1 is 1.14 bits per heavy atom. The second-order valence-corrected chi connectivity index (χ2v) is 6.54. The maximum absolute atomic E-state index is 4.88. The zero-order valence-corrected chi connectivity index (χ0v) is 12.4. The second-order valence-electron chi connectivity index (χ2n) is 6.54. The number of pyridine rings is 1. The fourth-order valence-electron chi connectivity index (χ4n) is 3.18. The molecule has 112 valence electrons. The SMILES string of the molecule is C1=NC(NC2CC2)=NC(c2c(C3CC3)nn3ccccc23)C1. The van der Waals surface area contributed by atoms with E-state index in [9.17, 15) is 0 Å². The molecule has 2 aromatic heterocycles. The lowest BCUT2D eigenvalue weighted by molar-refractivity contribution is 0.732. The van der Waals surface area contributed by atoms with Gasteiger partial charge in [0.05, 0.1) is 17.3 Å². The molecule has 0 bridgehead atoms. The van der Waals surface area contributed by atoms with Crippen molar-refractivity contribution in [3.8, 4) is 0 Å². The molecule has 0 spiro atoms. The Hall–Kier alpha value is -2.17. The number of hydrogen-bond donors (Lipinski definition) is 1. The van der Waals surface area contributed by atoms with Gasteiger partial charge in [0, 0.05) is 36.4 Å². The Morgan fingerprint density at radius 2 is 2.05 bits per heavy atom. The molecule has 0 radical (unpaired) electrons. The monoisotopic (exact) mass is 293 g/mol. The molecule has 2 aromatic rings. The average molecular weight is 293 g/mol. The third kappa shape index (κ3) is 2.12. The summed E-state index contributed by atoms with van der Waals surface area (Å²) in [7, 11) is 0. The summed E-state index contributed by atoms with van der Waals surface area (Å²) in [5.41, 5.74) is 3.75. The molecule has 1 aliphatic heterocycles. The number of hydrogen-bond acceptors (Lipinski definition) is 4. The Kier molecular flexibility index (Phi) is 2.62. The zero-order valence-electron chi connectivity index (χ0n) is 12.4. The Balaban J connectivity index is 1.58. The van der Waals surface area contributed by atoms with Crippen molar-refractivity contribution in [2.24, 2.45) is 9.98 Å². The highest BCUT2D eigenvalue weighted by molar-refractivity contribution is 5.90. The summed E-state index contributed by atoms with van der Waals surface area (Å²) in [6, 6.07) is 7.01. The van der Waals surface area contributed by atoms with Crippen molar-refractivity contribution in [2.75, 3.05) is 0 Å². The Bertz CT molecular complexity index is 779. The van der Waals surface area contributed by atoms with E-state index in [0.29, 0.717) is 12.0 Å².